The van der Waals surface area contributed by atoms with Crippen molar-refractivity contribution < 1.29 is 4.21 Å². The molecule has 0 saturated carbocycles. The quantitative estimate of drug-likeness (QED) is 0.608. The highest BCUT2D eigenvalue weighted by Crippen LogP contribution is 2.04. The van der Waals surface area contributed by atoms with Crippen LogP contribution in [0.15, 0.2) is 0 Å². The minimum atomic E-state index is -0.800. The lowest BCUT2D eigenvalue weighted by molar-refractivity contribution is 0.273. The Balaban J connectivity index is 2.49. The first-order valence-corrected chi connectivity index (χ1v) is 5.45. The molecule has 0 spiro atoms. The van der Waals surface area contributed by atoms with Crippen LogP contribution in [0, 0.1) is 0 Å². The van der Waals surface area contributed by atoms with E-state index in [1.54, 1.807) is 6.26 Å². The molecular formula is C7H16N2OS. The van der Waals surface area contributed by atoms with Crippen molar-refractivity contribution in [2.24, 2.45) is 0 Å². The summed E-state index contributed by atoms with van der Waals surface area (Å²) >= 11 is 0. The van der Waals surface area contributed by atoms with E-state index in [0.717, 1.165) is 13.1 Å². The zero-order chi connectivity index (χ0) is 8.43. The standard InChI is InChI=1S/C7H16N2OS/c1-6-4-9(11(3)10)5-7(2)8-6/h6-8H,4-5H2,1-3H3. The Bertz CT molecular complexity index is 153. The Morgan fingerprint density at radius 3 is 2.18 bits per heavy atom. The van der Waals surface area contributed by atoms with E-state index in [2.05, 4.69) is 19.2 Å². The fourth-order valence-electron chi connectivity index (χ4n) is 1.49. The molecule has 1 aliphatic heterocycles. The molecule has 0 amide bonds. The number of piperazine rings is 1. The van der Waals surface area contributed by atoms with Gasteiger partial charge in [-0.2, -0.15) is 0 Å². The maximum absolute atomic E-state index is 11.1. The SMILES string of the molecule is CC1CN(S(C)=O)CC(C)N1. The molecule has 0 radical (unpaired) electrons. The van der Waals surface area contributed by atoms with Crippen LogP contribution < -0.4 is 5.32 Å². The fraction of sp³-hybridized carbons (Fsp3) is 1.00. The van der Waals surface area contributed by atoms with Crippen LogP contribution in [-0.4, -0.2) is 39.9 Å². The monoisotopic (exact) mass is 176 g/mol. The van der Waals surface area contributed by atoms with Crippen LogP contribution >= 0.6 is 0 Å². The highest BCUT2D eigenvalue weighted by atomic mass is 32.2. The molecule has 0 aromatic carbocycles. The molecule has 0 aliphatic carbocycles. The van der Waals surface area contributed by atoms with E-state index in [9.17, 15) is 4.21 Å². The van der Waals surface area contributed by atoms with Crippen LogP contribution in [0.25, 0.3) is 0 Å². The molecule has 3 nitrogen and oxygen atoms in total. The molecular weight excluding hydrogens is 160 g/mol. The van der Waals surface area contributed by atoms with Crippen LogP contribution in [0.2, 0.25) is 0 Å². The molecule has 1 heterocycles. The van der Waals surface area contributed by atoms with Crippen LogP contribution in [0.5, 0.6) is 0 Å². The number of nitrogens with one attached hydrogen (secondary N) is 1. The van der Waals surface area contributed by atoms with Gasteiger partial charge in [-0.25, -0.2) is 8.51 Å². The largest absolute Gasteiger partial charge is 0.309 e. The zero-order valence-electron chi connectivity index (χ0n) is 7.33. The second kappa shape index (κ2) is 3.65. The number of hydrogen-bond donors (Lipinski definition) is 1. The number of rotatable bonds is 1. The predicted octanol–water partition coefficient (Wildman–Crippen LogP) is -0.0379. The van der Waals surface area contributed by atoms with Gasteiger partial charge in [-0.1, -0.05) is 0 Å². The highest BCUT2D eigenvalue weighted by Gasteiger charge is 2.22. The van der Waals surface area contributed by atoms with Crippen molar-refractivity contribution in [3.63, 3.8) is 0 Å². The molecule has 3 unspecified atom stereocenters. The van der Waals surface area contributed by atoms with Crippen LogP contribution in [0.4, 0.5) is 0 Å². The molecule has 3 atom stereocenters. The maximum Gasteiger partial charge on any atom is 0.0911 e. The van der Waals surface area contributed by atoms with E-state index >= 15 is 0 Å². The lowest BCUT2D eigenvalue weighted by atomic mass is 10.2. The number of hydrogen-bond acceptors (Lipinski definition) is 2. The van der Waals surface area contributed by atoms with Gasteiger partial charge in [0.2, 0.25) is 0 Å². The van der Waals surface area contributed by atoms with E-state index in [1.807, 2.05) is 4.31 Å². The van der Waals surface area contributed by atoms with Crippen molar-refractivity contribution in [1.82, 2.24) is 9.62 Å². The van der Waals surface area contributed by atoms with Crippen molar-refractivity contribution >= 4 is 11.0 Å². The average Bonchev–Trinajstić information content (AvgIpc) is 1.85. The lowest BCUT2D eigenvalue weighted by Crippen LogP contribution is -2.54. The van der Waals surface area contributed by atoms with Crippen molar-refractivity contribution in [2.75, 3.05) is 19.3 Å². The minimum absolute atomic E-state index is 0.461. The third-order valence-electron chi connectivity index (χ3n) is 1.89. The molecule has 4 heteroatoms. The molecule has 11 heavy (non-hydrogen) atoms. The van der Waals surface area contributed by atoms with E-state index in [-0.39, 0.29) is 0 Å². The minimum Gasteiger partial charge on any atom is -0.309 e. The number of nitrogens with zero attached hydrogens (tertiary/aromatic N) is 1. The zero-order valence-corrected chi connectivity index (χ0v) is 8.15. The van der Waals surface area contributed by atoms with Crippen molar-refractivity contribution in [3.05, 3.63) is 0 Å². The van der Waals surface area contributed by atoms with Gasteiger partial charge in [0.1, 0.15) is 0 Å². The molecule has 1 rings (SSSR count). The van der Waals surface area contributed by atoms with E-state index in [1.165, 1.54) is 0 Å². The van der Waals surface area contributed by atoms with E-state index < -0.39 is 11.0 Å². The lowest BCUT2D eigenvalue weighted by Gasteiger charge is -2.34. The Hall–Kier alpha value is 0.0700. The molecule has 66 valence electrons. The average molecular weight is 176 g/mol. The Kier molecular flexibility index (Phi) is 3.04. The molecule has 1 saturated heterocycles. The van der Waals surface area contributed by atoms with Crippen LogP contribution in [0.3, 0.4) is 0 Å². The maximum atomic E-state index is 11.1. The van der Waals surface area contributed by atoms with Gasteiger partial charge in [0.25, 0.3) is 0 Å². The van der Waals surface area contributed by atoms with Gasteiger partial charge < -0.3 is 5.32 Å². The smallest absolute Gasteiger partial charge is 0.0911 e. The van der Waals surface area contributed by atoms with E-state index in [4.69, 9.17) is 0 Å². The van der Waals surface area contributed by atoms with E-state index in [0.29, 0.717) is 12.1 Å². The summed E-state index contributed by atoms with van der Waals surface area (Å²) in [5, 5.41) is 3.39. The first-order chi connectivity index (χ1) is 5.09. The molecule has 1 aliphatic rings. The summed E-state index contributed by atoms with van der Waals surface area (Å²) in [6.45, 7) is 6.03. The molecule has 0 aromatic rings. The molecule has 1 fully saturated rings. The Morgan fingerprint density at radius 2 is 1.82 bits per heavy atom. The molecule has 0 bridgehead atoms. The summed E-state index contributed by atoms with van der Waals surface area (Å²) in [5.41, 5.74) is 0. The summed E-state index contributed by atoms with van der Waals surface area (Å²) < 4.78 is 13.1. The Labute approximate surface area is 70.7 Å². The summed E-state index contributed by atoms with van der Waals surface area (Å²) in [4.78, 5) is 0. The fourth-order valence-corrected chi connectivity index (χ4v) is 2.35. The second-order valence-corrected chi connectivity index (χ2v) is 4.60. The van der Waals surface area contributed by atoms with Crippen molar-refractivity contribution in [3.8, 4) is 0 Å². The summed E-state index contributed by atoms with van der Waals surface area (Å²) in [7, 11) is -0.800. The van der Waals surface area contributed by atoms with Crippen molar-refractivity contribution in [2.45, 2.75) is 25.9 Å². The summed E-state index contributed by atoms with van der Waals surface area (Å²) in [6, 6.07) is 0.922. The van der Waals surface area contributed by atoms with Gasteiger partial charge in [0.15, 0.2) is 0 Å². The van der Waals surface area contributed by atoms with Gasteiger partial charge in [-0.05, 0) is 13.8 Å². The van der Waals surface area contributed by atoms with Crippen molar-refractivity contribution in [1.29, 1.82) is 0 Å². The third kappa shape index (κ3) is 2.54. The summed E-state index contributed by atoms with van der Waals surface area (Å²) in [5.74, 6) is 0. The van der Waals surface area contributed by atoms with Crippen LogP contribution in [0.1, 0.15) is 13.8 Å². The predicted molar refractivity (Wildman–Crippen MR) is 47.7 cm³/mol. The normalized spacial score (nSPS) is 37.0. The highest BCUT2D eigenvalue weighted by molar-refractivity contribution is 7.81. The summed E-state index contributed by atoms with van der Waals surface area (Å²) in [6.07, 6.45) is 1.74. The van der Waals surface area contributed by atoms with Gasteiger partial charge in [0.05, 0.1) is 11.0 Å². The van der Waals surface area contributed by atoms with Gasteiger partial charge in [-0.3, -0.25) is 0 Å². The van der Waals surface area contributed by atoms with Gasteiger partial charge >= 0.3 is 0 Å². The first kappa shape index (κ1) is 9.16. The first-order valence-electron chi connectivity index (χ1n) is 3.94. The Morgan fingerprint density at radius 1 is 1.36 bits per heavy atom. The molecule has 1 N–H and O–H groups in total. The topological polar surface area (TPSA) is 32.3 Å². The van der Waals surface area contributed by atoms with Crippen LogP contribution in [-0.2, 0) is 11.0 Å². The second-order valence-electron chi connectivity index (χ2n) is 3.24. The van der Waals surface area contributed by atoms with Gasteiger partial charge in [0, 0.05) is 31.4 Å². The third-order valence-corrected chi connectivity index (χ3v) is 2.91. The van der Waals surface area contributed by atoms with Gasteiger partial charge in [-0.15, -0.1) is 0 Å². The molecule has 0 aromatic heterocycles.